The number of para-hydroxylation sites is 2. The molecular weight excluding hydrogens is 615 g/mol. The van der Waals surface area contributed by atoms with Gasteiger partial charge in [0.1, 0.15) is 0 Å². The second-order valence-electron chi connectivity index (χ2n) is 12.8. The first kappa shape index (κ1) is 30.4. The molecule has 0 amide bonds. The van der Waals surface area contributed by atoms with Gasteiger partial charge in [-0.3, -0.25) is 0 Å². The summed E-state index contributed by atoms with van der Waals surface area (Å²) in [5.41, 5.74) is 12.9. The number of rotatable bonds is 7. The van der Waals surface area contributed by atoms with Gasteiger partial charge in [0.2, 0.25) is 0 Å². The Labute approximate surface area is 299 Å². The van der Waals surface area contributed by atoms with Crippen LogP contribution in [0.4, 0.5) is 17.1 Å². The summed E-state index contributed by atoms with van der Waals surface area (Å²) in [6.45, 7) is 0. The van der Waals surface area contributed by atoms with E-state index in [0.717, 1.165) is 17.1 Å². The van der Waals surface area contributed by atoms with Gasteiger partial charge in [0.15, 0.2) is 0 Å². The van der Waals surface area contributed by atoms with Crippen LogP contribution in [-0.4, -0.2) is 0 Å². The highest BCUT2D eigenvalue weighted by Crippen LogP contribution is 2.52. The number of hydrogen-bond acceptors (Lipinski definition) is 1. The van der Waals surface area contributed by atoms with E-state index in [-0.39, 0.29) is 0 Å². The van der Waals surface area contributed by atoms with E-state index in [4.69, 9.17) is 0 Å². The summed E-state index contributed by atoms with van der Waals surface area (Å²) < 4.78 is 0. The van der Waals surface area contributed by atoms with Gasteiger partial charge in [0, 0.05) is 22.1 Å². The second-order valence-corrected chi connectivity index (χ2v) is 12.8. The molecule has 0 aromatic heterocycles. The first-order valence-corrected chi connectivity index (χ1v) is 17.5. The standard InChI is InChI=1S/C50H35N/c1-5-20-36(21-6-1)40-28-15-17-33-45(40)51(46-34-18-16-29-41(46)37-22-7-2-8-23-37)47-35-19-32-44-42-30-13-14-31-43(42)48(38-24-9-3-10-25-38)49(50(44)47)39-26-11-4-12-27-39/h1-35H. The lowest BCUT2D eigenvalue weighted by atomic mass is 9.84. The zero-order valence-corrected chi connectivity index (χ0v) is 28.2. The predicted octanol–water partition coefficient (Wildman–Crippen LogP) is 14.1. The number of benzene rings is 9. The highest BCUT2D eigenvalue weighted by molar-refractivity contribution is 6.25. The van der Waals surface area contributed by atoms with Gasteiger partial charge in [-0.15, -0.1) is 0 Å². The van der Waals surface area contributed by atoms with Gasteiger partial charge >= 0.3 is 0 Å². The van der Waals surface area contributed by atoms with Gasteiger partial charge in [-0.25, -0.2) is 0 Å². The lowest BCUT2D eigenvalue weighted by molar-refractivity contribution is 1.30. The van der Waals surface area contributed by atoms with Crippen LogP contribution in [0.2, 0.25) is 0 Å². The van der Waals surface area contributed by atoms with Crippen molar-refractivity contribution in [1.82, 2.24) is 0 Å². The summed E-state index contributed by atoms with van der Waals surface area (Å²) in [5, 5.41) is 4.92. The Morgan fingerprint density at radius 1 is 0.235 bits per heavy atom. The third kappa shape index (κ3) is 5.46. The average molecular weight is 650 g/mol. The lowest BCUT2D eigenvalue weighted by Gasteiger charge is -2.32. The molecule has 0 radical (unpaired) electrons. The Morgan fingerprint density at radius 3 is 1.14 bits per heavy atom. The molecule has 9 aromatic rings. The monoisotopic (exact) mass is 649 g/mol. The van der Waals surface area contributed by atoms with Crippen molar-refractivity contribution in [2.24, 2.45) is 0 Å². The molecule has 0 aliphatic carbocycles. The molecule has 9 rings (SSSR count). The molecule has 0 aliphatic rings. The van der Waals surface area contributed by atoms with Crippen LogP contribution in [0.5, 0.6) is 0 Å². The maximum absolute atomic E-state index is 2.50. The lowest BCUT2D eigenvalue weighted by Crippen LogP contribution is -2.13. The Kier molecular flexibility index (Phi) is 7.92. The second kappa shape index (κ2) is 13.3. The molecule has 1 nitrogen and oxygen atoms in total. The molecule has 0 saturated heterocycles. The van der Waals surface area contributed by atoms with Gasteiger partial charge in [0.25, 0.3) is 0 Å². The fourth-order valence-corrected chi connectivity index (χ4v) is 7.66. The third-order valence-electron chi connectivity index (χ3n) is 9.85. The number of anilines is 3. The molecule has 0 atom stereocenters. The SMILES string of the molecule is c1ccc(-c2ccccc2N(c2ccccc2-c2ccccc2)c2cccc3c2c(-c2ccccc2)c(-c2ccccc2)c2ccccc23)cc1. The van der Waals surface area contributed by atoms with Crippen molar-refractivity contribution in [3.8, 4) is 44.5 Å². The largest absolute Gasteiger partial charge is 0.309 e. The zero-order valence-electron chi connectivity index (χ0n) is 28.2. The van der Waals surface area contributed by atoms with Crippen LogP contribution in [-0.2, 0) is 0 Å². The molecule has 0 aliphatic heterocycles. The van der Waals surface area contributed by atoms with Crippen LogP contribution >= 0.6 is 0 Å². The highest BCUT2D eigenvalue weighted by atomic mass is 15.1. The van der Waals surface area contributed by atoms with Crippen LogP contribution in [0, 0.1) is 0 Å². The zero-order chi connectivity index (χ0) is 34.0. The molecule has 0 spiro atoms. The van der Waals surface area contributed by atoms with Crippen molar-refractivity contribution >= 4 is 38.6 Å². The molecule has 0 bridgehead atoms. The smallest absolute Gasteiger partial charge is 0.0547 e. The average Bonchev–Trinajstić information content (AvgIpc) is 3.22. The van der Waals surface area contributed by atoms with Crippen molar-refractivity contribution in [1.29, 1.82) is 0 Å². The molecule has 0 unspecified atom stereocenters. The van der Waals surface area contributed by atoms with Gasteiger partial charge in [-0.1, -0.05) is 194 Å². The Balaban J connectivity index is 1.48. The summed E-state index contributed by atoms with van der Waals surface area (Å²) in [6, 6.07) is 76.7. The van der Waals surface area contributed by atoms with Crippen molar-refractivity contribution < 1.29 is 0 Å². The van der Waals surface area contributed by atoms with Crippen LogP contribution in [0.3, 0.4) is 0 Å². The van der Waals surface area contributed by atoms with E-state index in [9.17, 15) is 0 Å². The minimum atomic E-state index is 1.12. The minimum Gasteiger partial charge on any atom is -0.309 e. The van der Waals surface area contributed by atoms with E-state index >= 15 is 0 Å². The molecule has 0 saturated carbocycles. The van der Waals surface area contributed by atoms with E-state index in [1.54, 1.807) is 0 Å². The van der Waals surface area contributed by atoms with Gasteiger partial charge in [-0.05, 0) is 62.2 Å². The Hall–Kier alpha value is -6.70. The van der Waals surface area contributed by atoms with Crippen molar-refractivity contribution in [3.63, 3.8) is 0 Å². The number of hydrogen-bond donors (Lipinski definition) is 0. The summed E-state index contributed by atoms with van der Waals surface area (Å²) in [4.78, 5) is 2.50. The maximum atomic E-state index is 2.50. The van der Waals surface area contributed by atoms with E-state index in [1.807, 2.05) is 0 Å². The van der Waals surface area contributed by atoms with Crippen molar-refractivity contribution in [2.45, 2.75) is 0 Å². The molecular formula is C50H35N. The summed E-state index contributed by atoms with van der Waals surface area (Å²) in [6.07, 6.45) is 0. The van der Waals surface area contributed by atoms with Crippen LogP contribution in [0.15, 0.2) is 212 Å². The number of fused-ring (bicyclic) bond motifs is 3. The first-order chi connectivity index (χ1) is 25.4. The third-order valence-corrected chi connectivity index (χ3v) is 9.85. The molecule has 240 valence electrons. The van der Waals surface area contributed by atoms with Gasteiger partial charge in [0.05, 0.1) is 17.1 Å². The van der Waals surface area contributed by atoms with Crippen LogP contribution < -0.4 is 4.90 Å². The quantitative estimate of drug-likeness (QED) is 0.155. The molecule has 0 fully saturated rings. The van der Waals surface area contributed by atoms with Crippen LogP contribution in [0.25, 0.3) is 66.1 Å². The fraction of sp³-hybridized carbons (Fsp3) is 0. The highest BCUT2D eigenvalue weighted by Gasteiger charge is 2.26. The van der Waals surface area contributed by atoms with E-state index in [0.29, 0.717) is 0 Å². The summed E-state index contributed by atoms with van der Waals surface area (Å²) in [5.74, 6) is 0. The molecule has 0 heterocycles. The van der Waals surface area contributed by atoms with E-state index < -0.39 is 0 Å². The molecule has 9 aromatic carbocycles. The summed E-state index contributed by atoms with van der Waals surface area (Å²) >= 11 is 0. The van der Waals surface area contributed by atoms with Gasteiger partial charge < -0.3 is 4.90 Å². The Bertz CT molecular complexity index is 2530. The van der Waals surface area contributed by atoms with E-state index in [2.05, 4.69) is 217 Å². The molecule has 51 heavy (non-hydrogen) atoms. The Morgan fingerprint density at radius 2 is 0.608 bits per heavy atom. The maximum Gasteiger partial charge on any atom is 0.0547 e. The molecule has 1 heteroatoms. The van der Waals surface area contributed by atoms with Crippen molar-refractivity contribution in [2.75, 3.05) is 4.90 Å². The predicted molar refractivity (Wildman–Crippen MR) is 218 cm³/mol. The first-order valence-electron chi connectivity index (χ1n) is 17.5. The summed E-state index contributed by atoms with van der Waals surface area (Å²) in [7, 11) is 0. The van der Waals surface area contributed by atoms with Gasteiger partial charge in [-0.2, -0.15) is 0 Å². The van der Waals surface area contributed by atoms with Crippen LogP contribution in [0.1, 0.15) is 0 Å². The minimum absolute atomic E-state index is 1.12. The topological polar surface area (TPSA) is 3.24 Å². The fourth-order valence-electron chi connectivity index (χ4n) is 7.66. The normalized spacial score (nSPS) is 11.1. The van der Waals surface area contributed by atoms with Crippen molar-refractivity contribution in [3.05, 3.63) is 212 Å². The molecule has 0 N–H and O–H groups in total. The number of nitrogens with zero attached hydrogens (tertiary/aromatic N) is 1. The van der Waals surface area contributed by atoms with E-state index in [1.165, 1.54) is 66.1 Å².